The van der Waals surface area contributed by atoms with Crippen molar-refractivity contribution < 1.29 is 33.6 Å². The summed E-state index contributed by atoms with van der Waals surface area (Å²) < 4.78 is 44.4. The van der Waals surface area contributed by atoms with Crippen LogP contribution in [0.3, 0.4) is 0 Å². The maximum absolute atomic E-state index is 17.2. The number of aliphatic hydroxyl groups is 2. The number of phenols is 1. The fourth-order valence-corrected chi connectivity index (χ4v) is 8.78. The average Bonchev–Trinajstić information content (AvgIpc) is 3.51. The first kappa shape index (κ1) is 35.1. The monoisotopic (exact) mass is 701 g/mol. The Morgan fingerprint density at radius 1 is 1.06 bits per heavy atom. The van der Waals surface area contributed by atoms with Crippen LogP contribution >= 0.6 is 0 Å². The molecule has 0 spiro atoms. The Morgan fingerprint density at radius 2 is 1.82 bits per heavy atom. The zero-order chi connectivity index (χ0) is 36.3. The number of pyridine rings is 1. The quantitative estimate of drug-likeness (QED) is 0.190. The van der Waals surface area contributed by atoms with Crippen LogP contribution in [0.25, 0.3) is 32.9 Å². The van der Waals surface area contributed by atoms with Gasteiger partial charge in [0.2, 0.25) is 5.88 Å². The summed E-state index contributed by atoms with van der Waals surface area (Å²) in [5.41, 5.74) is -2.45. The Labute approximate surface area is 296 Å². The SMILES string of the molecule is C#Cc1c(F)ccc2cc(O)cc(-c3nc(OC)c4c(N5CCC[C@@](C)(O)C5)nc(OC[C@]56CCC[C@H]5N(CC(C)(C)O)CCC6)nc4c3F)c12. The molecule has 1 saturated carbocycles. The number of anilines is 1. The van der Waals surface area contributed by atoms with E-state index in [1.165, 1.54) is 31.4 Å². The van der Waals surface area contributed by atoms with Crippen LogP contribution in [0.4, 0.5) is 14.6 Å². The molecule has 12 heteroatoms. The molecule has 3 N–H and O–H groups in total. The number of aromatic nitrogens is 3. The van der Waals surface area contributed by atoms with Crippen LogP contribution < -0.4 is 14.4 Å². The third kappa shape index (κ3) is 6.52. The Balaban J connectivity index is 1.39. The second-order valence-corrected chi connectivity index (χ2v) is 15.5. The van der Waals surface area contributed by atoms with E-state index in [4.69, 9.17) is 20.9 Å². The van der Waals surface area contributed by atoms with Crippen molar-refractivity contribution in [1.29, 1.82) is 0 Å². The van der Waals surface area contributed by atoms with Crippen LogP contribution in [0.1, 0.15) is 71.3 Å². The molecule has 2 aliphatic heterocycles. The maximum Gasteiger partial charge on any atom is 0.319 e. The summed E-state index contributed by atoms with van der Waals surface area (Å²) in [6.07, 6.45) is 11.9. The number of phenolic OH excluding ortho intramolecular Hbond substituents is 1. The molecule has 2 aromatic carbocycles. The predicted molar refractivity (Wildman–Crippen MR) is 191 cm³/mol. The number of terminal acetylenes is 1. The van der Waals surface area contributed by atoms with Crippen LogP contribution in [0, 0.1) is 29.4 Å². The number of benzene rings is 2. The van der Waals surface area contributed by atoms with Gasteiger partial charge in [0.25, 0.3) is 0 Å². The molecule has 4 aromatic rings. The number of β-amino-alcohol motifs (C(OH)–C–C–N with tert-alkyl or cyclic N) is 2. The highest BCUT2D eigenvalue weighted by atomic mass is 19.1. The second kappa shape index (κ2) is 13.0. The van der Waals surface area contributed by atoms with E-state index in [-0.39, 0.29) is 68.8 Å². The smallest absolute Gasteiger partial charge is 0.319 e. The van der Waals surface area contributed by atoms with Crippen molar-refractivity contribution in [2.75, 3.05) is 44.8 Å². The Morgan fingerprint density at radius 3 is 2.55 bits per heavy atom. The molecule has 0 amide bonds. The third-order valence-corrected chi connectivity index (χ3v) is 10.8. The highest BCUT2D eigenvalue weighted by Crippen LogP contribution is 2.49. The minimum absolute atomic E-state index is 0.00677. The van der Waals surface area contributed by atoms with Gasteiger partial charge >= 0.3 is 6.01 Å². The molecular formula is C39H45F2N5O5. The summed E-state index contributed by atoms with van der Waals surface area (Å²) in [5, 5.41) is 33.2. The minimum Gasteiger partial charge on any atom is -0.508 e. The number of fused-ring (bicyclic) bond motifs is 3. The number of nitrogens with zero attached hydrogens (tertiary/aromatic N) is 5. The molecular weight excluding hydrogens is 656 g/mol. The van der Waals surface area contributed by atoms with Gasteiger partial charge in [-0.3, -0.25) is 4.90 Å². The van der Waals surface area contributed by atoms with Gasteiger partial charge < -0.3 is 29.7 Å². The zero-order valence-electron chi connectivity index (χ0n) is 29.6. The Kier molecular flexibility index (Phi) is 8.97. The minimum atomic E-state index is -1.02. The molecule has 270 valence electrons. The van der Waals surface area contributed by atoms with Crippen molar-refractivity contribution in [3.63, 3.8) is 0 Å². The van der Waals surface area contributed by atoms with Crippen LogP contribution in [0.2, 0.25) is 0 Å². The molecule has 3 aliphatic rings. The van der Waals surface area contributed by atoms with Gasteiger partial charge in [-0.15, -0.1) is 6.42 Å². The van der Waals surface area contributed by atoms with Gasteiger partial charge in [-0.05, 0) is 89.4 Å². The number of piperidine rings is 2. The van der Waals surface area contributed by atoms with E-state index in [0.29, 0.717) is 43.7 Å². The first-order chi connectivity index (χ1) is 24.2. The number of hydrogen-bond acceptors (Lipinski definition) is 10. The summed E-state index contributed by atoms with van der Waals surface area (Å²) in [7, 11) is 1.40. The van der Waals surface area contributed by atoms with Crippen molar-refractivity contribution in [3.8, 4) is 41.2 Å². The standard InChI is InChI=1S/C39H45F2N5O5/c1-6-25-27(40)12-11-23-18-24(47)19-26(29(23)25)32-31(41)33-30(35(42-32)50-5)34(46-17-8-13-38(4,49)21-46)44-36(43-33)51-22-39-14-7-10-28(39)45(16-9-15-39)20-37(2,3)48/h1,11-12,18-19,28,47-49H,7-10,13-17,20-22H2,2-5H3/t28-,38-,39-/m1/s1. The van der Waals surface area contributed by atoms with Gasteiger partial charge in [-0.25, -0.2) is 13.8 Å². The number of halogens is 2. The van der Waals surface area contributed by atoms with Crippen molar-refractivity contribution >= 4 is 27.5 Å². The molecule has 2 aromatic heterocycles. The van der Waals surface area contributed by atoms with Gasteiger partial charge in [0.1, 0.15) is 34.0 Å². The molecule has 3 fully saturated rings. The maximum atomic E-state index is 17.2. The molecule has 1 aliphatic carbocycles. The van der Waals surface area contributed by atoms with Crippen molar-refractivity contribution in [2.24, 2.45) is 5.41 Å². The lowest BCUT2D eigenvalue weighted by Gasteiger charge is -2.47. The van der Waals surface area contributed by atoms with Crippen LogP contribution in [-0.2, 0) is 0 Å². The summed E-state index contributed by atoms with van der Waals surface area (Å²) in [6, 6.07) is 5.56. The largest absolute Gasteiger partial charge is 0.508 e. The number of ether oxygens (including phenoxy) is 2. The van der Waals surface area contributed by atoms with Crippen LogP contribution in [-0.4, -0.2) is 92.3 Å². The first-order valence-electron chi connectivity index (χ1n) is 17.7. The van der Waals surface area contributed by atoms with Crippen molar-refractivity contribution in [1.82, 2.24) is 19.9 Å². The molecule has 0 bridgehead atoms. The molecule has 7 rings (SSSR count). The molecule has 51 heavy (non-hydrogen) atoms. The van der Waals surface area contributed by atoms with Crippen molar-refractivity contribution in [2.45, 2.75) is 83.0 Å². The van der Waals surface area contributed by atoms with Gasteiger partial charge in [0, 0.05) is 42.0 Å². The second-order valence-electron chi connectivity index (χ2n) is 15.5. The van der Waals surface area contributed by atoms with E-state index in [9.17, 15) is 15.3 Å². The number of rotatable bonds is 8. The molecule has 0 radical (unpaired) electrons. The predicted octanol–water partition coefficient (Wildman–Crippen LogP) is 5.95. The molecule has 3 atom stereocenters. The number of likely N-dealkylation sites (tertiary alicyclic amines) is 1. The van der Waals surface area contributed by atoms with E-state index in [1.807, 2.05) is 18.7 Å². The van der Waals surface area contributed by atoms with Gasteiger partial charge in [0.15, 0.2) is 5.82 Å². The summed E-state index contributed by atoms with van der Waals surface area (Å²) >= 11 is 0. The number of aromatic hydroxyl groups is 1. The molecule has 2 saturated heterocycles. The van der Waals surface area contributed by atoms with Crippen LogP contribution in [0.5, 0.6) is 17.6 Å². The normalized spacial score (nSPS) is 24.1. The summed E-state index contributed by atoms with van der Waals surface area (Å²) in [4.78, 5) is 18.3. The van der Waals surface area contributed by atoms with Gasteiger partial charge in [-0.1, -0.05) is 18.4 Å². The van der Waals surface area contributed by atoms with Crippen molar-refractivity contribution in [3.05, 3.63) is 41.5 Å². The molecule has 0 unspecified atom stereocenters. The highest BCUT2D eigenvalue weighted by Gasteiger charge is 2.49. The first-order valence-corrected chi connectivity index (χ1v) is 17.7. The fourth-order valence-electron chi connectivity index (χ4n) is 8.78. The van der Waals surface area contributed by atoms with E-state index >= 15 is 8.78 Å². The van der Waals surface area contributed by atoms with E-state index in [2.05, 4.69) is 20.8 Å². The lowest BCUT2D eigenvalue weighted by Crippen LogP contribution is -2.55. The van der Waals surface area contributed by atoms with Crippen LogP contribution in [0.15, 0.2) is 24.3 Å². The highest BCUT2D eigenvalue weighted by molar-refractivity contribution is 6.04. The third-order valence-electron chi connectivity index (χ3n) is 10.8. The zero-order valence-corrected chi connectivity index (χ0v) is 29.6. The Bertz CT molecular complexity index is 2040. The molecule has 4 heterocycles. The average molecular weight is 702 g/mol. The molecule has 10 nitrogen and oxygen atoms in total. The van der Waals surface area contributed by atoms with Gasteiger partial charge in [0.05, 0.1) is 30.5 Å². The Hall–Kier alpha value is -4.31. The van der Waals surface area contributed by atoms with E-state index in [0.717, 1.165) is 38.6 Å². The summed E-state index contributed by atoms with van der Waals surface area (Å²) in [5.74, 6) is 0.980. The van der Waals surface area contributed by atoms with E-state index < -0.39 is 22.8 Å². The van der Waals surface area contributed by atoms with E-state index in [1.54, 1.807) is 6.92 Å². The number of methoxy groups -OCH3 is 1. The lowest BCUT2D eigenvalue weighted by atomic mass is 9.75. The number of hydrogen-bond donors (Lipinski definition) is 3. The summed E-state index contributed by atoms with van der Waals surface area (Å²) in [6.45, 7) is 7.93. The lowest BCUT2D eigenvalue weighted by molar-refractivity contribution is -0.0431. The van der Waals surface area contributed by atoms with Gasteiger partial charge in [-0.2, -0.15) is 9.97 Å². The topological polar surface area (TPSA) is 124 Å². The fraction of sp³-hybridized carbons (Fsp3) is 0.513.